The fourth-order valence-corrected chi connectivity index (χ4v) is 6.28. The normalized spacial score (nSPS) is 41.4. The van der Waals surface area contributed by atoms with Crippen LogP contribution in [0.3, 0.4) is 0 Å². The number of rotatable bonds is 3. The second kappa shape index (κ2) is 6.24. The zero-order valence-corrected chi connectivity index (χ0v) is 16.8. The molecule has 5 heteroatoms. The maximum absolute atomic E-state index is 12.8. The van der Waals surface area contributed by atoms with Crippen LogP contribution >= 0.6 is 0 Å². The lowest BCUT2D eigenvalue weighted by atomic mass is 9.51. The Balaban J connectivity index is 1.67. The van der Waals surface area contributed by atoms with Crippen molar-refractivity contribution >= 4 is 17.5 Å². The van der Waals surface area contributed by atoms with Gasteiger partial charge in [-0.05, 0) is 63.0 Å². The van der Waals surface area contributed by atoms with Crippen LogP contribution in [0.1, 0.15) is 52.9 Å². The molecule has 2 fully saturated rings. The van der Waals surface area contributed by atoms with Crippen LogP contribution in [0.4, 0.5) is 0 Å². The number of hydrogen-bond donors (Lipinski definition) is 1. The third-order valence-electron chi connectivity index (χ3n) is 7.97. The monoisotopic (exact) mass is 384 g/mol. The Morgan fingerprint density at radius 2 is 2.04 bits per heavy atom. The van der Waals surface area contributed by atoms with Gasteiger partial charge in [-0.15, -0.1) is 0 Å². The van der Waals surface area contributed by atoms with Crippen LogP contribution in [0.25, 0.3) is 0 Å². The number of aliphatic hydroxyl groups is 1. The summed E-state index contributed by atoms with van der Waals surface area (Å²) in [5.41, 5.74) is 0.230. The quantitative estimate of drug-likeness (QED) is 0.597. The number of fused-ring (bicyclic) bond motifs is 5. The second-order valence-electron chi connectivity index (χ2n) is 9.24. The summed E-state index contributed by atoms with van der Waals surface area (Å²) < 4.78 is 4.90. The van der Waals surface area contributed by atoms with Crippen molar-refractivity contribution in [2.24, 2.45) is 22.7 Å². The van der Waals surface area contributed by atoms with Crippen LogP contribution in [0.15, 0.2) is 35.5 Å². The van der Waals surface area contributed by atoms with Gasteiger partial charge in [-0.2, -0.15) is 0 Å². The SMILES string of the molecule is CC(=O)OCC(=O)C1(O)CCC2C3CCC4=CC(=O)C=CC4(C)C3=CCC21C. The van der Waals surface area contributed by atoms with E-state index in [1.54, 1.807) is 12.2 Å². The van der Waals surface area contributed by atoms with Gasteiger partial charge in [0.15, 0.2) is 12.4 Å². The van der Waals surface area contributed by atoms with E-state index >= 15 is 0 Å². The number of Topliss-reactive ketones (excluding diaryl/α,β-unsaturated/α-hetero) is 1. The van der Waals surface area contributed by atoms with Crippen LogP contribution in [0, 0.1) is 22.7 Å². The summed E-state index contributed by atoms with van der Waals surface area (Å²) in [5.74, 6) is -0.369. The summed E-state index contributed by atoms with van der Waals surface area (Å²) in [5, 5.41) is 11.4. The summed E-state index contributed by atoms with van der Waals surface area (Å²) in [6.45, 7) is 5.08. The first-order valence-electron chi connectivity index (χ1n) is 10.2. The Morgan fingerprint density at radius 3 is 2.75 bits per heavy atom. The van der Waals surface area contributed by atoms with Gasteiger partial charge in [0.25, 0.3) is 0 Å². The van der Waals surface area contributed by atoms with Crippen molar-refractivity contribution in [2.75, 3.05) is 6.61 Å². The molecule has 1 N–H and O–H groups in total. The van der Waals surface area contributed by atoms with Gasteiger partial charge in [0.1, 0.15) is 5.60 Å². The Kier molecular flexibility index (Phi) is 4.31. The van der Waals surface area contributed by atoms with Gasteiger partial charge in [-0.25, -0.2) is 0 Å². The average molecular weight is 384 g/mol. The van der Waals surface area contributed by atoms with Crippen molar-refractivity contribution in [3.63, 3.8) is 0 Å². The van der Waals surface area contributed by atoms with E-state index in [-0.39, 0.29) is 29.6 Å². The van der Waals surface area contributed by atoms with Crippen molar-refractivity contribution in [3.05, 3.63) is 35.5 Å². The van der Waals surface area contributed by atoms with Crippen molar-refractivity contribution in [3.8, 4) is 0 Å². The summed E-state index contributed by atoms with van der Waals surface area (Å²) >= 11 is 0. The zero-order chi connectivity index (χ0) is 20.3. The number of ether oxygens (including phenoxy) is 1. The minimum Gasteiger partial charge on any atom is -0.458 e. The van der Waals surface area contributed by atoms with Crippen LogP contribution in [-0.4, -0.2) is 34.9 Å². The van der Waals surface area contributed by atoms with E-state index in [0.717, 1.165) is 19.3 Å². The molecule has 0 aromatic heterocycles. The lowest BCUT2D eigenvalue weighted by Gasteiger charge is -2.53. The molecule has 0 aromatic carbocycles. The molecule has 0 aliphatic heterocycles. The van der Waals surface area contributed by atoms with Crippen molar-refractivity contribution in [1.29, 1.82) is 0 Å². The molecular formula is C23H28O5. The Morgan fingerprint density at radius 1 is 1.29 bits per heavy atom. The van der Waals surface area contributed by atoms with Crippen LogP contribution in [-0.2, 0) is 19.1 Å². The Labute approximate surface area is 165 Å². The lowest BCUT2D eigenvalue weighted by Crippen LogP contribution is -2.55. The molecule has 2 saturated carbocycles. The van der Waals surface area contributed by atoms with Crippen LogP contribution in [0.2, 0.25) is 0 Å². The second-order valence-corrected chi connectivity index (χ2v) is 9.24. The highest BCUT2D eigenvalue weighted by atomic mass is 16.5. The van der Waals surface area contributed by atoms with E-state index in [4.69, 9.17) is 4.74 Å². The molecule has 0 bridgehead atoms. The van der Waals surface area contributed by atoms with Crippen molar-refractivity contribution in [1.82, 2.24) is 0 Å². The number of ketones is 2. The van der Waals surface area contributed by atoms with E-state index in [9.17, 15) is 19.5 Å². The molecule has 5 atom stereocenters. The maximum atomic E-state index is 12.8. The highest BCUT2D eigenvalue weighted by molar-refractivity contribution is 6.01. The molecule has 0 radical (unpaired) electrons. The minimum atomic E-state index is -1.47. The molecule has 0 saturated heterocycles. The zero-order valence-electron chi connectivity index (χ0n) is 16.8. The number of hydrogen-bond acceptors (Lipinski definition) is 5. The molecule has 4 rings (SSSR count). The fraction of sp³-hybridized carbons (Fsp3) is 0.609. The molecule has 28 heavy (non-hydrogen) atoms. The predicted octanol–water partition coefficient (Wildman–Crippen LogP) is 3.08. The smallest absolute Gasteiger partial charge is 0.303 e. The van der Waals surface area contributed by atoms with E-state index in [0.29, 0.717) is 12.8 Å². The first kappa shape index (κ1) is 19.3. The van der Waals surface area contributed by atoms with E-state index < -0.39 is 22.8 Å². The summed E-state index contributed by atoms with van der Waals surface area (Å²) in [7, 11) is 0. The number of esters is 1. The molecule has 0 spiro atoms. The number of carbonyl (C=O) groups excluding carboxylic acids is 3. The molecule has 4 aliphatic rings. The molecule has 0 aromatic rings. The predicted molar refractivity (Wildman–Crippen MR) is 103 cm³/mol. The lowest BCUT2D eigenvalue weighted by molar-refractivity contribution is -0.162. The topological polar surface area (TPSA) is 80.7 Å². The van der Waals surface area contributed by atoms with Crippen molar-refractivity contribution < 1.29 is 24.2 Å². The van der Waals surface area contributed by atoms with Crippen LogP contribution < -0.4 is 0 Å². The van der Waals surface area contributed by atoms with E-state index in [1.807, 2.05) is 13.0 Å². The van der Waals surface area contributed by atoms with E-state index in [1.165, 1.54) is 18.1 Å². The first-order chi connectivity index (χ1) is 13.1. The summed E-state index contributed by atoms with van der Waals surface area (Å²) in [4.78, 5) is 35.8. The highest BCUT2D eigenvalue weighted by Crippen LogP contribution is 2.65. The molecule has 5 nitrogen and oxygen atoms in total. The standard InChI is InChI=1S/C23H28O5/c1-14(24)28-13-20(26)23(27)11-8-19-17-5-4-15-12-16(25)6-9-21(15,2)18(17)7-10-22(19,23)3/h6-7,9,12,17,19,27H,4-5,8,10-11,13H2,1-3H3. The molecule has 0 heterocycles. The van der Waals surface area contributed by atoms with Crippen LogP contribution in [0.5, 0.6) is 0 Å². The van der Waals surface area contributed by atoms with Gasteiger partial charge < -0.3 is 9.84 Å². The van der Waals surface area contributed by atoms with Gasteiger partial charge in [0.05, 0.1) is 0 Å². The van der Waals surface area contributed by atoms with Gasteiger partial charge >= 0.3 is 5.97 Å². The third-order valence-corrected chi connectivity index (χ3v) is 7.97. The van der Waals surface area contributed by atoms with Gasteiger partial charge in [0.2, 0.25) is 5.78 Å². The van der Waals surface area contributed by atoms with Crippen molar-refractivity contribution in [2.45, 2.75) is 58.5 Å². The average Bonchev–Trinajstić information content (AvgIpc) is 2.92. The summed E-state index contributed by atoms with van der Waals surface area (Å²) in [6.07, 6.45) is 11.2. The molecule has 0 amide bonds. The largest absolute Gasteiger partial charge is 0.458 e. The first-order valence-corrected chi connectivity index (χ1v) is 10.2. The fourth-order valence-electron chi connectivity index (χ4n) is 6.28. The number of allylic oxidation sites excluding steroid dienone is 6. The highest BCUT2D eigenvalue weighted by Gasteiger charge is 2.64. The molecule has 150 valence electrons. The molecule has 5 unspecified atom stereocenters. The van der Waals surface area contributed by atoms with Gasteiger partial charge in [-0.3, -0.25) is 14.4 Å². The third kappa shape index (κ3) is 2.52. The minimum absolute atomic E-state index is 0.0542. The Bertz CT molecular complexity index is 849. The van der Waals surface area contributed by atoms with Gasteiger partial charge in [0, 0.05) is 17.8 Å². The number of carbonyl (C=O) groups is 3. The Hall–Kier alpha value is -2.01. The van der Waals surface area contributed by atoms with Gasteiger partial charge in [-0.1, -0.05) is 30.2 Å². The maximum Gasteiger partial charge on any atom is 0.303 e. The summed E-state index contributed by atoms with van der Waals surface area (Å²) in [6, 6.07) is 0. The molecular weight excluding hydrogens is 356 g/mol. The van der Waals surface area contributed by atoms with E-state index in [2.05, 4.69) is 13.0 Å². The molecule has 4 aliphatic carbocycles.